The number of hydrogen-bond donors (Lipinski definition) is 1. The molecule has 2 aromatic rings. The van der Waals surface area contributed by atoms with Gasteiger partial charge in [-0.25, -0.2) is 4.39 Å². The molecule has 0 saturated carbocycles. The highest BCUT2D eigenvalue weighted by molar-refractivity contribution is 7.03. The van der Waals surface area contributed by atoms with Crippen molar-refractivity contribution in [1.29, 1.82) is 0 Å². The second kappa shape index (κ2) is 8.35. The third-order valence-corrected chi connectivity index (χ3v) is 5.13. The van der Waals surface area contributed by atoms with E-state index in [4.69, 9.17) is 0 Å². The number of rotatable bonds is 5. The maximum Gasteiger partial charge on any atom is 0.275 e. The number of nitrogens with one attached hydrogen (secondary N) is 1. The van der Waals surface area contributed by atoms with Crippen LogP contribution < -0.4 is 5.32 Å². The van der Waals surface area contributed by atoms with Crippen molar-refractivity contribution in [2.75, 3.05) is 18.4 Å². The molecule has 8 heteroatoms. The predicted octanol–water partition coefficient (Wildman–Crippen LogP) is 3.26. The molecule has 1 atom stereocenters. The summed E-state index contributed by atoms with van der Waals surface area (Å²) >= 11 is 1.16. The van der Waals surface area contributed by atoms with Crippen molar-refractivity contribution in [3.05, 3.63) is 40.7 Å². The van der Waals surface area contributed by atoms with Gasteiger partial charge in [-0.05, 0) is 67.4 Å². The average molecular weight is 376 g/mol. The normalized spacial score (nSPS) is 17.2. The van der Waals surface area contributed by atoms with Crippen LogP contribution in [0, 0.1) is 18.7 Å². The van der Waals surface area contributed by atoms with Gasteiger partial charge >= 0.3 is 0 Å². The number of hydrogen-bond acceptors (Lipinski definition) is 5. The summed E-state index contributed by atoms with van der Waals surface area (Å²) in [7, 11) is 0. The lowest BCUT2D eigenvalue weighted by molar-refractivity contribution is -0.116. The van der Waals surface area contributed by atoms with Gasteiger partial charge in [0.05, 0.1) is 0 Å². The van der Waals surface area contributed by atoms with Gasteiger partial charge < -0.3 is 10.2 Å². The van der Waals surface area contributed by atoms with Crippen molar-refractivity contribution in [3.63, 3.8) is 0 Å². The van der Waals surface area contributed by atoms with Crippen molar-refractivity contribution >= 4 is 29.0 Å². The number of nitrogens with zero attached hydrogens (tertiary/aromatic N) is 3. The first-order chi connectivity index (χ1) is 12.5. The largest absolute Gasteiger partial charge is 0.337 e. The fraction of sp³-hybridized carbons (Fsp3) is 0.444. The van der Waals surface area contributed by atoms with E-state index in [1.165, 1.54) is 12.1 Å². The number of amides is 2. The Labute approximate surface area is 155 Å². The lowest BCUT2D eigenvalue weighted by Crippen LogP contribution is -2.40. The molecule has 0 spiro atoms. The standard InChI is InChI=1S/C18H21FN4O2S/c1-12-9-14(19)5-6-15(12)20-17(24)7-4-13-3-2-8-23(10-13)18(25)16-11-26-22-21-16/h5-6,9,11,13H,2-4,7-8,10H2,1H3,(H,20,24)/t13-/m1/s1. The molecule has 0 bridgehead atoms. The molecular weight excluding hydrogens is 355 g/mol. The number of halogens is 1. The monoisotopic (exact) mass is 376 g/mol. The molecule has 1 fully saturated rings. The second-order valence-corrected chi connectivity index (χ2v) is 7.21. The number of anilines is 1. The summed E-state index contributed by atoms with van der Waals surface area (Å²) in [6.45, 7) is 3.11. The van der Waals surface area contributed by atoms with Gasteiger partial charge in [-0.3, -0.25) is 9.59 Å². The smallest absolute Gasteiger partial charge is 0.275 e. The number of aromatic nitrogens is 2. The molecule has 2 amide bonds. The van der Waals surface area contributed by atoms with Gasteiger partial charge in [-0.15, -0.1) is 5.10 Å². The number of carbonyl (C=O) groups is 2. The van der Waals surface area contributed by atoms with Crippen LogP contribution in [-0.4, -0.2) is 39.4 Å². The van der Waals surface area contributed by atoms with Crippen LogP contribution >= 0.6 is 11.5 Å². The van der Waals surface area contributed by atoms with Crippen LogP contribution in [0.5, 0.6) is 0 Å². The fourth-order valence-electron chi connectivity index (χ4n) is 3.22. The second-order valence-electron chi connectivity index (χ2n) is 6.60. The summed E-state index contributed by atoms with van der Waals surface area (Å²) in [6, 6.07) is 4.31. The molecule has 1 aromatic carbocycles. The Kier molecular flexibility index (Phi) is 5.92. The fourth-order valence-corrected chi connectivity index (χ4v) is 3.65. The Bertz CT molecular complexity index is 782. The summed E-state index contributed by atoms with van der Waals surface area (Å²) in [6.07, 6.45) is 3.02. The molecule has 6 nitrogen and oxygen atoms in total. The molecular formula is C18H21FN4O2S. The minimum Gasteiger partial charge on any atom is -0.337 e. The maximum absolute atomic E-state index is 13.1. The minimum absolute atomic E-state index is 0.0881. The molecule has 1 aliphatic rings. The molecule has 1 aromatic heterocycles. The van der Waals surface area contributed by atoms with Crippen molar-refractivity contribution in [2.45, 2.75) is 32.6 Å². The van der Waals surface area contributed by atoms with Crippen LogP contribution in [0.15, 0.2) is 23.6 Å². The van der Waals surface area contributed by atoms with E-state index in [-0.39, 0.29) is 17.6 Å². The third-order valence-electron chi connectivity index (χ3n) is 4.63. The molecule has 2 heterocycles. The summed E-state index contributed by atoms with van der Waals surface area (Å²) in [5, 5.41) is 8.33. The summed E-state index contributed by atoms with van der Waals surface area (Å²) in [5.41, 5.74) is 1.72. The molecule has 138 valence electrons. The SMILES string of the molecule is Cc1cc(F)ccc1NC(=O)CC[C@H]1CCCN(C(=O)c2csnn2)C1. The van der Waals surface area contributed by atoms with Crippen LogP contribution in [0.3, 0.4) is 0 Å². The summed E-state index contributed by atoms with van der Waals surface area (Å²) < 4.78 is 16.9. The quantitative estimate of drug-likeness (QED) is 0.869. The number of likely N-dealkylation sites (tertiary alicyclic amines) is 1. The zero-order valence-electron chi connectivity index (χ0n) is 14.6. The molecule has 3 rings (SSSR count). The van der Waals surface area contributed by atoms with Crippen LogP contribution in [0.4, 0.5) is 10.1 Å². The number of benzene rings is 1. The lowest BCUT2D eigenvalue weighted by Gasteiger charge is -2.32. The van der Waals surface area contributed by atoms with E-state index in [1.54, 1.807) is 23.3 Å². The van der Waals surface area contributed by atoms with Crippen LogP contribution in [0.1, 0.15) is 41.7 Å². The number of aryl methyl sites for hydroxylation is 1. The first-order valence-corrected chi connectivity index (χ1v) is 9.49. The minimum atomic E-state index is -0.317. The van der Waals surface area contributed by atoms with Crippen molar-refractivity contribution in [1.82, 2.24) is 14.5 Å². The molecule has 0 unspecified atom stereocenters. The van der Waals surface area contributed by atoms with Gasteiger partial charge in [0.25, 0.3) is 5.91 Å². The molecule has 0 aliphatic carbocycles. The molecule has 1 N–H and O–H groups in total. The maximum atomic E-state index is 13.1. The Balaban J connectivity index is 1.49. The van der Waals surface area contributed by atoms with E-state index in [1.807, 2.05) is 0 Å². The van der Waals surface area contributed by atoms with Crippen molar-refractivity contribution in [3.8, 4) is 0 Å². The molecule has 1 saturated heterocycles. The lowest BCUT2D eigenvalue weighted by atomic mass is 9.93. The van der Waals surface area contributed by atoms with E-state index in [0.717, 1.165) is 24.4 Å². The van der Waals surface area contributed by atoms with Gasteiger partial charge in [0.1, 0.15) is 5.82 Å². The zero-order valence-corrected chi connectivity index (χ0v) is 15.4. The highest BCUT2D eigenvalue weighted by Crippen LogP contribution is 2.23. The summed E-state index contributed by atoms with van der Waals surface area (Å²) in [5.74, 6) is -0.205. The Morgan fingerprint density at radius 3 is 3.00 bits per heavy atom. The van der Waals surface area contributed by atoms with Crippen molar-refractivity contribution in [2.24, 2.45) is 5.92 Å². The van der Waals surface area contributed by atoms with Gasteiger partial charge in [-0.1, -0.05) is 4.49 Å². The highest BCUT2D eigenvalue weighted by Gasteiger charge is 2.26. The van der Waals surface area contributed by atoms with Crippen LogP contribution in [0.25, 0.3) is 0 Å². The summed E-state index contributed by atoms with van der Waals surface area (Å²) in [4.78, 5) is 26.4. The zero-order chi connectivity index (χ0) is 18.5. The Morgan fingerprint density at radius 2 is 2.27 bits per heavy atom. The van der Waals surface area contributed by atoms with E-state index in [0.29, 0.717) is 48.8 Å². The van der Waals surface area contributed by atoms with Crippen LogP contribution in [-0.2, 0) is 4.79 Å². The average Bonchev–Trinajstić information content (AvgIpc) is 3.17. The Morgan fingerprint density at radius 1 is 1.42 bits per heavy atom. The van der Waals surface area contributed by atoms with E-state index < -0.39 is 0 Å². The number of carbonyl (C=O) groups excluding carboxylic acids is 2. The van der Waals surface area contributed by atoms with Gasteiger partial charge in [0, 0.05) is 30.6 Å². The molecule has 26 heavy (non-hydrogen) atoms. The first-order valence-electron chi connectivity index (χ1n) is 8.65. The van der Waals surface area contributed by atoms with Gasteiger partial charge in [0.15, 0.2) is 5.69 Å². The Hall–Kier alpha value is -2.35. The molecule has 0 radical (unpaired) electrons. The highest BCUT2D eigenvalue weighted by atomic mass is 32.1. The van der Waals surface area contributed by atoms with Crippen molar-refractivity contribution < 1.29 is 14.0 Å². The van der Waals surface area contributed by atoms with E-state index in [9.17, 15) is 14.0 Å². The topological polar surface area (TPSA) is 75.2 Å². The van der Waals surface area contributed by atoms with Gasteiger partial charge in [-0.2, -0.15) is 0 Å². The van der Waals surface area contributed by atoms with E-state index >= 15 is 0 Å². The molecule has 1 aliphatic heterocycles. The number of piperidine rings is 1. The van der Waals surface area contributed by atoms with Gasteiger partial charge in [0.2, 0.25) is 5.91 Å². The van der Waals surface area contributed by atoms with Crippen LogP contribution in [0.2, 0.25) is 0 Å². The van der Waals surface area contributed by atoms with E-state index in [2.05, 4.69) is 14.9 Å². The third kappa shape index (κ3) is 4.63. The first kappa shape index (κ1) is 18.4. The predicted molar refractivity (Wildman–Crippen MR) is 97.5 cm³/mol.